The Morgan fingerprint density at radius 2 is 1.61 bits per heavy atom. The summed E-state index contributed by atoms with van der Waals surface area (Å²) in [5.74, 6) is -0.163. The molecule has 0 aliphatic heterocycles. The largest absolute Gasteiger partial charge is 0.488 e. The van der Waals surface area contributed by atoms with Gasteiger partial charge in [0.05, 0.1) is 4.92 Å². The van der Waals surface area contributed by atoms with Gasteiger partial charge in [0.2, 0.25) is 0 Å². The van der Waals surface area contributed by atoms with Gasteiger partial charge in [0.15, 0.2) is 0 Å². The van der Waals surface area contributed by atoms with Crippen LogP contribution in [0.25, 0.3) is 0 Å². The monoisotopic (exact) mass is 397 g/mol. The standard InChI is InChI=1S/C21H16ClNO5/c22-19-7-3-1-5-16(19)14-27-20-8-4-2-6-18(20)21(24)28-13-15-9-11-17(12-10-15)23(25)26/h1-12H,13-14H2. The van der Waals surface area contributed by atoms with Gasteiger partial charge in [-0.05, 0) is 35.9 Å². The number of esters is 1. The summed E-state index contributed by atoms with van der Waals surface area (Å²) in [7, 11) is 0. The van der Waals surface area contributed by atoms with Gasteiger partial charge in [-0.2, -0.15) is 0 Å². The van der Waals surface area contributed by atoms with Gasteiger partial charge in [-0.25, -0.2) is 4.79 Å². The number of benzene rings is 3. The van der Waals surface area contributed by atoms with Gasteiger partial charge < -0.3 is 9.47 Å². The van der Waals surface area contributed by atoms with Crippen molar-refractivity contribution in [1.82, 2.24) is 0 Å². The van der Waals surface area contributed by atoms with Crippen LogP contribution in [0.4, 0.5) is 5.69 Å². The van der Waals surface area contributed by atoms with E-state index in [9.17, 15) is 14.9 Å². The van der Waals surface area contributed by atoms with Crippen LogP contribution in [-0.4, -0.2) is 10.9 Å². The normalized spacial score (nSPS) is 10.3. The average Bonchev–Trinajstić information content (AvgIpc) is 2.72. The molecule has 0 aliphatic rings. The second kappa shape index (κ2) is 9.01. The molecule has 3 aromatic rings. The number of para-hydroxylation sites is 1. The molecule has 0 unspecified atom stereocenters. The number of nitro benzene ring substituents is 1. The number of nitro groups is 1. The van der Waals surface area contributed by atoms with Crippen LogP contribution in [0, 0.1) is 10.1 Å². The van der Waals surface area contributed by atoms with Crippen molar-refractivity contribution in [2.75, 3.05) is 0 Å². The lowest BCUT2D eigenvalue weighted by atomic mass is 10.2. The summed E-state index contributed by atoms with van der Waals surface area (Å²) in [6, 6.07) is 19.9. The van der Waals surface area contributed by atoms with Gasteiger partial charge in [-0.1, -0.05) is 41.9 Å². The third-order valence-corrected chi connectivity index (χ3v) is 4.33. The predicted molar refractivity (Wildman–Crippen MR) is 104 cm³/mol. The average molecular weight is 398 g/mol. The molecule has 0 radical (unpaired) electrons. The molecule has 0 aliphatic carbocycles. The third kappa shape index (κ3) is 4.86. The Labute approximate surface area is 166 Å². The number of hydrogen-bond donors (Lipinski definition) is 0. The lowest BCUT2D eigenvalue weighted by Crippen LogP contribution is -2.08. The zero-order chi connectivity index (χ0) is 19.9. The Morgan fingerprint density at radius 3 is 2.32 bits per heavy atom. The number of rotatable bonds is 7. The first kappa shape index (κ1) is 19.4. The van der Waals surface area contributed by atoms with Gasteiger partial charge in [0, 0.05) is 22.7 Å². The zero-order valence-corrected chi connectivity index (χ0v) is 15.5. The van der Waals surface area contributed by atoms with E-state index in [1.807, 2.05) is 18.2 Å². The Balaban J connectivity index is 1.65. The maximum absolute atomic E-state index is 12.5. The quantitative estimate of drug-likeness (QED) is 0.311. The van der Waals surface area contributed by atoms with Crippen LogP contribution in [0.1, 0.15) is 21.5 Å². The summed E-state index contributed by atoms with van der Waals surface area (Å²) in [6.07, 6.45) is 0. The molecule has 142 valence electrons. The fraction of sp³-hybridized carbons (Fsp3) is 0.0952. The lowest BCUT2D eigenvalue weighted by Gasteiger charge is -2.12. The van der Waals surface area contributed by atoms with Gasteiger partial charge in [-0.3, -0.25) is 10.1 Å². The number of ether oxygens (including phenoxy) is 2. The first-order valence-electron chi connectivity index (χ1n) is 8.40. The van der Waals surface area contributed by atoms with Gasteiger partial charge >= 0.3 is 5.97 Å². The molecular weight excluding hydrogens is 382 g/mol. The predicted octanol–water partition coefficient (Wildman–Crippen LogP) is 5.18. The summed E-state index contributed by atoms with van der Waals surface area (Å²) >= 11 is 6.13. The molecule has 7 heteroatoms. The second-order valence-corrected chi connectivity index (χ2v) is 6.28. The van der Waals surface area contributed by atoms with E-state index in [2.05, 4.69) is 0 Å². The van der Waals surface area contributed by atoms with Crippen LogP contribution in [0.5, 0.6) is 5.75 Å². The molecule has 28 heavy (non-hydrogen) atoms. The first-order chi connectivity index (χ1) is 13.5. The molecular formula is C21H16ClNO5. The van der Waals surface area contributed by atoms with Crippen molar-refractivity contribution in [3.63, 3.8) is 0 Å². The van der Waals surface area contributed by atoms with E-state index in [0.717, 1.165) is 5.56 Å². The molecule has 0 N–H and O–H groups in total. The topological polar surface area (TPSA) is 78.7 Å². The Morgan fingerprint density at radius 1 is 0.929 bits per heavy atom. The third-order valence-electron chi connectivity index (χ3n) is 3.97. The van der Waals surface area contributed by atoms with Crippen LogP contribution < -0.4 is 4.74 Å². The molecule has 6 nitrogen and oxygen atoms in total. The van der Waals surface area contributed by atoms with Crippen LogP contribution in [0.3, 0.4) is 0 Å². The number of carbonyl (C=O) groups excluding carboxylic acids is 1. The highest BCUT2D eigenvalue weighted by atomic mass is 35.5. The summed E-state index contributed by atoms with van der Waals surface area (Å²) in [5, 5.41) is 11.3. The first-order valence-corrected chi connectivity index (χ1v) is 8.78. The summed E-state index contributed by atoms with van der Waals surface area (Å²) < 4.78 is 11.1. The van der Waals surface area contributed by atoms with E-state index in [4.69, 9.17) is 21.1 Å². The molecule has 0 saturated heterocycles. The van der Waals surface area contributed by atoms with Crippen LogP contribution in [0.15, 0.2) is 72.8 Å². The second-order valence-electron chi connectivity index (χ2n) is 5.88. The Bertz CT molecular complexity index is 988. The summed E-state index contributed by atoms with van der Waals surface area (Å²) in [5.41, 5.74) is 1.72. The van der Waals surface area contributed by atoms with Crippen molar-refractivity contribution in [1.29, 1.82) is 0 Å². The minimum atomic E-state index is -0.548. The molecule has 0 spiro atoms. The van der Waals surface area contributed by atoms with Gasteiger partial charge in [0.1, 0.15) is 24.5 Å². The Hall–Kier alpha value is -3.38. The zero-order valence-electron chi connectivity index (χ0n) is 14.7. The minimum absolute atomic E-state index is 0.00429. The molecule has 0 fully saturated rings. The molecule has 3 rings (SSSR count). The van der Waals surface area contributed by atoms with E-state index in [-0.39, 0.29) is 24.5 Å². The van der Waals surface area contributed by atoms with Crippen molar-refractivity contribution in [2.45, 2.75) is 13.2 Å². The Kier molecular flexibility index (Phi) is 6.24. The van der Waals surface area contributed by atoms with E-state index in [1.165, 1.54) is 12.1 Å². The molecule has 0 saturated carbocycles. The number of non-ortho nitro benzene ring substituents is 1. The van der Waals surface area contributed by atoms with E-state index in [0.29, 0.717) is 16.3 Å². The highest BCUT2D eigenvalue weighted by molar-refractivity contribution is 6.31. The number of carbonyl (C=O) groups is 1. The fourth-order valence-corrected chi connectivity index (χ4v) is 2.66. The smallest absolute Gasteiger partial charge is 0.342 e. The number of hydrogen-bond acceptors (Lipinski definition) is 5. The maximum Gasteiger partial charge on any atom is 0.342 e. The lowest BCUT2D eigenvalue weighted by molar-refractivity contribution is -0.384. The molecule has 0 aromatic heterocycles. The van der Waals surface area contributed by atoms with Crippen molar-refractivity contribution in [3.05, 3.63) is 105 Å². The molecule has 0 amide bonds. The summed E-state index contributed by atoms with van der Waals surface area (Å²) in [4.78, 5) is 22.7. The van der Waals surface area contributed by atoms with Crippen molar-refractivity contribution >= 4 is 23.3 Å². The van der Waals surface area contributed by atoms with Gasteiger partial charge in [0.25, 0.3) is 5.69 Å². The van der Waals surface area contributed by atoms with Crippen LogP contribution in [-0.2, 0) is 18.0 Å². The van der Waals surface area contributed by atoms with Crippen molar-refractivity contribution in [2.24, 2.45) is 0 Å². The van der Waals surface area contributed by atoms with Crippen LogP contribution in [0.2, 0.25) is 5.02 Å². The van der Waals surface area contributed by atoms with Gasteiger partial charge in [-0.15, -0.1) is 0 Å². The fourth-order valence-electron chi connectivity index (χ4n) is 2.47. The maximum atomic E-state index is 12.5. The number of nitrogens with zero attached hydrogens (tertiary/aromatic N) is 1. The SMILES string of the molecule is O=C(OCc1ccc([N+](=O)[O-])cc1)c1ccccc1OCc1ccccc1Cl. The van der Waals surface area contributed by atoms with Crippen molar-refractivity contribution < 1.29 is 19.2 Å². The van der Waals surface area contributed by atoms with Crippen LogP contribution >= 0.6 is 11.6 Å². The molecule has 3 aromatic carbocycles. The highest BCUT2D eigenvalue weighted by Gasteiger charge is 2.15. The van der Waals surface area contributed by atoms with E-state index in [1.54, 1.807) is 42.5 Å². The highest BCUT2D eigenvalue weighted by Crippen LogP contribution is 2.23. The molecule has 0 bridgehead atoms. The summed E-state index contributed by atoms with van der Waals surface area (Å²) in [6.45, 7) is 0.210. The van der Waals surface area contributed by atoms with E-state index >= 15 is 0 Å². The molecule has 0 heterocycles. The number of halogens is 1. The van der Waals surface area contributed by atoms with E-state index < -0.39 is 10.9 Å². The molecule has 0 atom stereocenters. The van der Waals surface area contributed by atoms with Crippen molar-refractivity contribution in [3.8, 4) is 5.75 Å². The minimum Gasteiger partial charge on any atom is -0.488 e.